The number of rotatable bonds is 8. The lowest BCUT2D eigenvalue weighted by Gasteiger charge is -2.20. The SMILES string of the molecule is CSc1ccc(NC(=O)COC(=O)[C@@H](NC(=O)c2ccco2)C(C)C)cc1. The molecule has 1 heterocycles. The van der Waals surface area contributed by atoms with Crippen LogP contribution in [0.3, 0.4) is 0 Å². The molecule has 1 aromatic carbocycles. The summed E-state index contributed by atoms with van der Waals surface area (Å²) in [5.74, 6) is -1.79. The molecule has 0 bridgehead atoms. The molecule has 1 aromatic heterocycles. The van der Waals surface area contributed by atoms with Gasteiger partial charge in [0.25, 0.3) is 11.8 Å². The fourth-order valence-corrected chi connectivity index (χ4v) is 2.62. The van der Waals surface area contributed by atoms with Crippen molar-refractivity contribution < 1.29 is 23.5 Å². The molecule has 0 aliphatic carbocycles. The van der Waals surface area contributed by atoms with Crippen LogP contribution in [0.4, 0.5) is 5.69 Å². The number of furan rings is 1. The average molecular weight is 390 g/mol. The highest BCUT2D eigenvalue weighted by Gasteiger charge is 2.27. The van der Waals surface area contributed by atoms with E-state index in [4.69, 9.17) is 9.15 Å². The Hall–Kier alpha value is -2.74. The summed E-state index contributed by atoms with van der Waals surface area (Å²) in [5, 5.41) is 5.22. The molecule has 2 rings (SSSR count). The fraction of sp³-hybridized carbons (Fsp3) is 0.316. The molecule has 0 fully saturated rings. The van der Waals surface area contributed by atoms with Crippen molar-refractivity contribution in [2.75, 3.05) is 18.2 Å². The van der Waals surface area contributed by atoms with Gasteiger partial charge in [-0.3, -0.25) is 9.59 Å². The van der Waals surface area contributed by atoms with Gasteiger partial charge in [-0.1, -0.05) is 13.8 Å². The van der Waals surface area contributed by atoms with Crippen LogP contribution in [0.15, 0.2) is 52.0 Å². The molecule has 7 nitrogen and oxygen atoms in total. The maximum Gasteiger partial charge on any atom is 0.329 e. The van der Waals surface area contributed by atoms with Crippen LogP contribution < -0.4 is 10.6 Å². The molecule has 0 saturated carbocycles. The number of hydrogen-bond donors (Lipinski definition) is 2. The normalized spacial score (nSPS) is 11.7. The molecule has 0 aliphatic heterocycles. The maximum atomic E-state index is 12.3. The highest BCUT2D eigenvalue weighted by molar-refractivity contribution is 7.98. The van der Waals surface area contributed by atoms with Crippen LogP contribution in [-0.4, -0.2) is 36.7 Å². The molecule has 2 aromatic rings. The summed E-state index contributed by atoms with van der Waals surface area (Å²) in [5.41, 5.74) is 0.611. The molecule has 0 aliphatic rings. The third-order valence-corrected chi connectivity index (χ3v) is 4.42. The van der Waals surface area contributed by atoms with Gasteiger partial charge in [0.15, 0.2) is 12.4 Å². The van der Waals surface area contributed by atoms with Crippen LogP contribution in [0.1, 0.15) is 24.4 Å². The molecule has 8 heteroatoms. The molecular weight excluding hydrogens is 368 g/mol. The van der Waals surface area contributed by atoms with Crippen LogP contribution in [0.5, 0.6) is 0 Å². The lowest BCUT2D eigenvalue weighted by molar-refractivity contribution is -0.150. The molecule has 1 atom stereocenters. The molecule has 144 valence electrons. The summed E-state index contributed by atoms with van der Waals surface area (Å²) in [6.45, 7) is 3.09. The zero-order chi connectivity index (χ0) is 19.8. The highest BCUT2D eigenvalue weighted by atomic mass is 32.2. The van der Waals surface area contributed by atoms with Gasteiger partial charge in [0.2, 0.25) is 0 Å². The van der Waals surface area contributed by atoms with Gasteiger partial charge < -0.3 is 19.8 Å². The van der Waals surface area contributed by atoms with E-state index in [1.165, 1.54) is 12.3 Å². The van der Waals surface area contributed by atoms with E-state index in [9.17, 15) is 14.4 Å². The quantitative estimate of drug-likeness (QED) is 0.531. The third-order valence-electron chi connectivity index (χ3n) is 3.67. The Morgan fingerprint density at radius 2 is 1.85 bits per heavy atom. The topological polar surface area (TPSA) is 97.6 Å². The van der Waals surface area contributed by atoms with Gasteiger partial charge >= 0.3 is 5.97 Å². The first kappa shape index (κ1) is 20.6. The number of benzene rings is 1. The Bertz CT molecular complexity index is 772. The monoisotopic (exact) mass is 390 g/mol. The number of esters is 1. The van der Waals surface area contributed by atoms with Gasteiger partial charge in [0.05, 0.1) is 6.26 Å². The van der Waals surface area contributed by atoms with Crippen LogP contribution in [0.25, 0.3) is 0 Å². The van der Waals surface area contributed by atoms with E-state index in [1.54, 1.807) is 43.8 Å². The van der Waals surface area contributed by atoms with Crippen LogP contribution in [0, 0.1) is 5.92 Å². The Labute approximate surface area is 161 Å². The van der Waals surface area contributed by atoms with E-state index in [0.717, 1.165) is 4.90 Å². The van der Waals surface area contributed by atoms with Crippen LogP contribution >= 0.6 is 11.8 Å². The molecule has 2 N–H and O–H groups in total. The number of ether oxygens (including phenoxy) is 1. The second-order valence-electron chi connectivity index (χ2n) is 6.06. The largest absolute Gasteiger partial charge is 0.459 e. The first-order valence-corrected chi connectivity index (χ1v) is 9.58. The smallest absolute Gasteiger partial charge is 0.329 e. The zero-order valence-corrected chi connectivity index (χ0v) is 16.2. The van der Waals surface area contributed by atoms with Crippen molar-refractivity contribution in [3.05, 3.63) is 48.4 Å². The number of thioether (sulfide) groups is 1. The minimum Gasteiger partial charge on any atom is -0.459 e. The first-order valence-electron chi connectivity index (χ1n) is 8.35. The number of anilines is 1. The second-order valence-corrected chi connectivity index (χ2v) is 6.94. The number of hydrogen-bond acceptors (Lipinski definition) is 6. The van der Waals surface area contributed by atoms with Gasteiger partial charge in [-0.05, 0) is 48.6 Å². The number of nitrogens with one attached hydrogen (secondary N) is 2. The lowest BCUT2D eigenvalue weighted by atomic mass is 10.0. The molecule has 0 radical (unpaired) electrons. The Balaban J connectivity index is 1.86. The minimum atomic E-state index is -0.892. The summed E-state index contributed by atoms with van der Waals surface area (Å²) >= 11 is 1.60. The predicted octanol–water partition coefficient (Wildman–Crippen LogP) is 2.94. The molecular formula is C19H22N2O5S. The van der Waals surface area contributed by atoms with E-state index >= 15 is 0 Å². The summed E-state index contributed by atoms with van der Waals surface area (Å²) < 4.78 is 10.1. The maximum absolute atomic E-state index is 12.3. The highest BCUT2D eigenvalue weighted by Crippen LogP contribution is 2.17. The number of amides is 2. The molecule has 0 saturated heterocycles. The Kier molecular flexibility index (Phi) is 7.48. The van der Waals surface area contributed by atoms with Crippen molar-refractivity contribution in [1.29, 1.82) is 0 Å². The minimum absolute atomic E-state index is 0.0971. The molecule has 27 heavy (non-hydrogen) atoms. The van der Waals surface area contributed by atoms with Gasteiger partial charge in [0, 0.05) is 10.6 Å². The Morgan fingerprint density at radius 3 is 2.41 bits per heavy atom. The number of carbonyl (C=O) groups excluding carboxylic acids is 3. The summed E-state index contributed by atoms with van der Waals surface area (Å²) in [7, 11) is 0. The van der Waals surface area contributed by atoms with Gasteiger partial charge in [-0.15, -0.1) is 11.8 Å². The summed E-state index contributed by atoms with van der Waals surface area (Å²) in [4.78, 5) is 37.4. The van der Waals surface area contributed by atoms with E-state index in [0.29, 0.717) is 5.69 Å². The molecule has 2 amide bonds. The van der Waals surface area contributed by atoms with E-state index in [-0.39, 0.29) is 11.7 Å². The molecule has 0 spiro atoms. The van der Waals surface area contributed by atoms with E-state index in [2.05, 4.69) is 10.6 Å². The van der Waals surface area contributed by atoms with E-state index in [1.807, 2.05) is 18.4 Å². The standard InChI is InChI=1S/C19H22N2O5S/c1-12(2)17(21-18(23)15-5-4-10-25-15)19(24)26-11-16(22)20-13-6-8-14(27-3)9-7-13/h4-10,12,17H,11H2,1-3H3,(H,20,22)(H,21,23)/t17-/m0/s1. The van der Waals surface area contributed by atoms with Crippen molar-refractivity contribution in [3.63, 3.8) is 0 Å². The average Bonchev–Trinajstić information content (AvgIpc) is 3.19. The predicted molar refractivity (Wildman–Crippen MR) is 103 cm³/mol. The van der Waals surface area contributed by atoms with Crippen LogP contribution in [-0.2, 0) is 14.3 Å². The van der Waals surface area contributed by atoms with Crippen LogP contribution in [0.2, 0.25) is 0 Å². The molecule has 0 unspecified atom stereocenters. The van der Waals surface area contributed by atoms with Crippen molar-refractivity contribution in [2.45, 2.75) is 24.8 Å². The Morgan fingerprint density at radius 1 is 1.15 bits per heavy atom. The lowest BCUT2D eigenvalue weighted by Crippen LogP contribution is -2.45. The van der Waals surface area contributed by atoms with Crippen molar-refractivity contribution in [1.82, 2.24) is 5.32 Å². The van der Waals surface area contributed by atoms with Crippen molar-refractivity contribution >= 4 is 35.2 Å². The third kappa shape index (κ3) is 6.18. The van der Waals surface area contributed by atoms with Crippen molar-refractivity contribution in [3.8, 4) is 0 Å². The van der Waals surface area contributed by atoms with E-state index < -0.39 is 30.4 Å². The first-order chi connectivity index (χ1) is 12.9. The summed E-state index contributed by atoms with van der Waals surface area (Å²) in [6.07, 6.45) is 3.33. The van der Waals surface area contributed by atoms with Gasteiger partial charge in [-0.25, -0.2) is 4.79 Å². The summed E-state index contributed by atoms with van der Waals surface area (Å²) in [6, 6.07) is 9.48. The number of carbonyl (C=O) groups is 3. The van der Waals surface area contributed by atoms with Gasteiger partial charge in [0.1, 0.15) is 6.04 Å². The zero-order valence-electron chi connectivity index (χ0n) is 15.4. The fourth-order valence-electron chi connectivity index (χ4n) is 2.22. The van der Waals surface area contributed by atoms with Crippen molar-refractivity contribution in [2.24, 2.45) is 5.92 Å². The second kappa shape index (κ2) is 9.82. The van der Waals surface area contributed by atoms with Gasteiger partial charge in [-0.2, -0.15) is 0 Å².